The third kappa shape index (κ3) is 5.56. The van der Waals surface area contributed by atoms with Crippen molar-refractivity contribution in [1.82, 2.24) is 25.3 Å². The van der Waals surface area contributed by atoms with Crippen molar-refractivity contribution >= 4 is 23.6 Å². The number of carbonyl (C=O) groups is 4. The van der Waals surface area contributed by atoms with E-state index in [1.807, 2.05) is 11.9 Å². The van der Waals surface area contributed by atoms with Crippen LogP contribution in [0.25, 0.3) is 0 Å². The molecule has 10 nitrogen and oxygen atoms in total. The van der Waals surface area contributed by atoms with Crippen LogP contribution in [0.4, 0.5) is 4.39 Å². The fourth-order valence-electron chi connectivity index (χ4n) is 5.81. The monoisotopic (exact) mass is 515 g/mol. The molecule has 0 unspecified atom stereocenters. The normalized spacial score (nSPS) is 30.5. The van der Waals surface area contributed by atoms with Gasteiger partial charge in [-0.2, -0.15) is 0 Å². The molecular formula is C26H34FN5O5. The average molecular weight is 516 g/mol. The van der Waals surface area contributed by atoms with Crippen molar-refractivity contribution in [1.29, 1.82) is 0 Å². The molecule has 37 heavy (non-hydrogen) atoms. The molecule has 2 N–H and O–H groups in total. The Bertz CT molecular complexity index is 1050. The molecule has 0 aliphatic carbocycles. The van der Waals surface area contributed by atoms with Crippen LogP contribution in [0.2, 0.25) is 0 Å². The number of likely N-dealkylation sites (tertiary alicyclic amines) is 2. The minimum atomic E-state index is -1.29. The molecule has 4 aliphatic heterocycles. The van der Waals surface area contributed by atoms with Gasteiger partial charge in [-0.1, -0.05) is 12.1 Å². The van der Waals surface area contributed by atoms with Gasteiger partial charge in [0.25, 0.3) is 5.91 Å². The van der Waals surface area contributed by atoms with Crippen LogP contribution < -0.4 is 15.4 Å². The van der Waals surface area contributed by atoms with Gasteiger partial charge in [0.2, 0.25) is 17.7 Å². The maximum atomic E-state index is 14.4. The lowest BCUT2D eigenvalue weighted by Gasteiger charge is -2.30. The first-order valence-corrected chi connectivity index (χ1v) is 13.0. The Morgan fingerprint density at radius 1 is 1.00 bits per heavy atom. The van der Waals surface area contributed by atoms with E-state index in [1.165, 1.54) is 4.90 Å². The largest absolute Gasteiger partial charge is 0.484 e. The van der Waals surface area contributed by atoms with Crippen LogP contribution in [0.5, 0.6) is 5.75 Å². The lowest BCUT2D eigenvalue weighted by molar-refractivity contribution is -0.141. The zero-order valence-electron chi connectivity index (χ0n) is 21.0. The second-order valence-corrected chi connectivity index (χ2v) is 10.5. The third-order valence-electron chi connectivity index (χ3n) is 7.83. The number of halogens is 1. The molecule has 2 bridgehead atoms. The SMILES string of the molecule is CN1C[C@H]2C[C@H]1C(=O)N[C@@H](Cc1ccc(OCC(=O)N3CCCC3)cc1)C(=O)N1C[C@@H](F)C[C@H]1C(=O)N2. The fraction of sp³-hybridized carbons (Fsp3) is 0.615. The lowest BCUT2D eigenvalue weighted by Crippen LogP contribution is -2.56. The number of likely N-dealkylation sites (N-methyl/N-ethyl adjacent to an activating group) is 1. The van der Waals surface area contributed by atoms with Crippen molar-refractivity contribution in [3.63, 3.8) is 0 Å². The standard InChI is InChI=1S/C26H34FN5O5/c1-30-14-18-12-21(30)24(34)29-20(26(36)32-13-17(27)11-22(32)25(35)28-18)10-16-4-6-19(7-5-16)37-15-23(33)31-8-2-3-9-31/h4-7,17-18,20-22H,2-3,8-15H2,1H3,(H,28,35)(H,29,34)/t17-,18+,20-,21-,22-/m0/s1. The molecule has 1 aromatic rings. The number of hydrogen-bond donors (Lipinski definition) is 2. The van der Waals surface area contributed by atoms with Gasteiger partial charge in [0, 0.05) is 38.5 Å². The molecule has 1 aromatic carbocycles. The molecule has 11 heteroatoms. The van der Waals surface area contributed by atoms with E-state index in [1.54, 1.807) is 29.2 Å². The van der Waals surface area contributed by atoms with Gasteiger partial charge in [-0.25, -0.2) is 4.39 Å². The van der Waals surface area contributed by atoms with E-state index in [-0.39, 0.29) is 49.8 Å². The summed E-state index contributed by atoms with van der Waals surface area (Å²) in [4.78, 5) is 56.8. The Hall–Kier alpha value is -3.21. The topological polar surface area (TPSA) is 111 Å². The highest BCUT2D eigenvalue weighted by atomic mass is 19.1. The number of nitrogens with zero attached hydrogens (tertiary/aromatic N) is 3. The minimum absolute atomic E-state index is 0.0325. The predicted molar refractivity (Wildman–Crippen MR) is 131 cm³/mol. The van der Waals surface area contributed by atoms with Gasteiger partial charge < -0.3 is 25.2 Å². The van der Waals surface area contributed by atoms with E-state index in [2.05, 4.69) is 10.6 Å². The summed E-state index contributed by atoms with van der Waals surface area (Å²) in [6.07, 6.45) is 1.30. The van der Waals surface area contributed by atoms with Crippen molar-refractivity contribution < 1.29 is 28.3 Å². The maximum Gasteiger partial charge on any atom is 0.260 e. The Balaban J connectivity index is 1.30. The minimum Gasteiger partial charge on any atom is -0.484 e. The number of benzene rings is 1. The van der Waals surface area contributed by atoms with Crippen molar-refractivity contribution in [3.05, 3.63) is 29.8 Å². The van der Waals surface area contributed by atoms with Crippen LogP contribution in [0.15, 0.2) is 24.3 Å². The third-order valence-corrected chi connectivity index (χ3v) is 7.83. The summed E-state index contributed by atoms with van der Waals surface area (Å²) in [5.41, 5.74) is 0.765. The lowest BCUT2D eigenvalue weighted by atomic mass is 10.0. The van der Waals surface area contributed by atoms with Crippen LogP contribution in [0.3, 0.4) is 0 Å². The summed E-state index contributed by atoms with van der Waals surface area (Å²) >= 11 is 0. The average Bonchev–Trinajstić information content (AvgIpc) is 3.62. The number of alkyl halides is 1. The summed E-state index contributed by atoms with van der Waals surface area (Å²) < 4.78 is 20.0. The quantitative estimate of drug-likeness (QED) is 0.565. The molecule has 0 aromatic heterocycles. The highest BCUT2D eigenvalue weighted by Gasteiger charge is 2.45. The van der Waals surface area contributed by atoms with Crippen LogP contribution >= 0.6 is 0 Å². The number of fused-ring (bicyclic) bond motifs is 3. The van der Waals surface area contributed by atoms with Crippen molar-refractivity contribution in [2.75, 3.05) is 39.8 Å². The molecule has 4 aliphatic rings. The molecule has 4 fully saturated rings. The molecule has 4 amide bonds. The summed E-state index contributed by atoms with van der Waals surface area (Å²) in [6, 6.07) is 4.48. The van der Waals surface area contributed by atoms with Crippen LogP contribution in [-0.4, -0.2) is 109 Å². The predicted octanol–water partition coefficient (Wildman–Crippen LogP) is -0.143. The van der Waals surface area contributed by atoms with Gasteiger partial charge >= 0.3 is 0 Å². The first kappa shape index (κ1) is 25.4. The van der Waals surface area contributed by atoms with Crippen molar-refractivity contribution in [2.24, 2.45) is 0 Å². The second-order valence-electron chi connectivity index (χ2n) is 10.5. The van der Waals surface area contributed by atoms with Gasteiger partial charge in [-0.05, 0) is 44.0 Å². The number of amides is 4. The van der Waals surface area contributed by atoms with E-state index < -0.39 is 30.2 Å². The summed E-state index contributed by atoms with van der Waals surface area (Å²) in [5.74, 6) is -0.630. The highest BCUT2D eigenvalue weighted by Crippen LogP contribution is 2.25. The Morgan fingerprint density at radius 3 is 2.43 bits per heavy atom. The Labute approximate surface area is 215 Å². The molecule has 4 saturated heterocycles. The number of hydrogen-bond acceptors (Lipinski definition) is 6. The van der Waals surface area contributed by atoms with Crippen LogP contribution in [0, 0.1) is 0 Å². The number of rotatable bonds is 5. The van der Waals surface area contributed by atoms with Gasteiger partial charge in [-0.15, -0.1) is 0 Å². The molecular weight excluding hydrogens is 481 g/mol. The fourth-order valence-corrected chi connectivity index (χ4v) is 5.81. The first-order chi connectivity index (χ1) is 17.8. The van der Waals surface area contributed by atoms with Crippen LogP contribution in [0.1, 0.15) is 31.2 Å². The Morgan fingerprint density at radius 2 is 1.70 bits per heavy atom. The first-order valence-electron chi connectivity index (χ1n) is 13.0. The van der Waals surface area contributed by atoms with E-state index in [4.69, 9.17) is 4.74 Å². The molecule has 5 rings (SSSR count). The van der Waals surface area contributed by atoms with Gasteiger partial charge in [0.05, 0.1) is 12.6 Å². The smallest absolute Gasteiger partial charge is 0.260 e. The molecule has 5 atom stereocenters. The van der Waals surface area contributed by atoms with E-state index in [0.29, 0.717) is 18.7 Å². The Kier molecular flexibility index (Phi) is 7.32. The molecule has 200 valence electrons. The molecule has 0 spiro atoms. The molecule has 0 radical (unpaired) electrons. The zero-order valence-corrected chi connectivity index (χ0v) is 21.0. The number of ether oxygens (including phenoxy) is 1. The van der Waals surface area contributed by atoms with Crippen molar-refractivity contribution in [3.8, 4) is 5.75 Å². The molecule has 4 heterocycles. The molecule has 0 saturated carbocycles. The van der Waals surface area contributed by atoms with Crippen LogP contribution in [-0.2, 0) is 25.6 Å². The maximum absolute atomic E-state index is 14.4. The van der Waals surface area contributed by atoms with Gasteiger partial charge in [0.15, 0.2) is 6.61 Å². The summed E-state index contributed by atoms with van der Waals surface area (Å²) in [6.45, 7) is 1.84. The van der Waals surface area contributed by atoms with E-state index in [0.717, 1.165) is 31.5 Å². The van der Waals surface area contributed by atoms with E-state index in [9.17, 15) is 23.6 Å². The van der Waals surface area contributed by atoms with E-state index >= 15 is 0 Å². The van der Waals surface area contributed by atoms with Gasteiger partial charge in [-0.3, -0.25) is 24.1 Å². The zero-order chi connectivity index (χ0) is 26.1. The highest BCUT2D eigenvalue weighted by molar-refractivity contribution is 5.94. The van der Waals surface area contributed by atoms with Gasteiger partial charge in [0.1, 0.15) is 24.0 Å². The number of carbonyl (C=O) groups excluding carboxylic acids is 4. The van der Waals surface area contributed by atoms with Crippen molar-refractivity contribution in [2.45, 2.75) is 62.4 Å². The summed E-state index contributed by atoms with van der Waals surface area (Å²) in [5, 5.41) is 5.80. The number of nitrogens with one attached hydrogen (secondary N) is 2. The second kappa shape index (κ2) is 10.6. The summed E-state index contributed by atoms with van der Waals surface area (Å²) in [7, 11) is 1.81.